The molecule has 0 aromatic carbocycles. The van der Waals surface area contributed by atoms with E-state index >= 15 is 0 Å². The summed E-state index contributed by atoms with van der Waals surface area (Å²) in [4.78, 5) is 17.9. The number of hydroxylamine groups is 1. The highest BCUT2D eigenvalue weighted by atomic mass is 16.7. The Hall–Kier alpha value is -0.650. The van der Waals surface area contributed by atoms with E-state index in [1.54, 1.807) is 0 Å². The van der Waals surface area contributed by atoms with E-state index in [-0.39, 0.29) is 23.6 Å². The molecule has 4 aliphatic rings. The van der Waals surface area contributed by atoms with Crippen LogP contribution in [0.5, 0.6) is 0 Å². The van der Waals surface area contributed by atoms with Crippen molar-refractivity contribution in [3.05, 3.63) is 0 Å². The van der Waals surface area contributed by atoms with Gasteiger partial charge < -0.3 is 10.6 Å². The van der Waals surface area contributed by atoms with Gasteiger partial charge in [0.2, 0.25) is 5.91 Å². The molecule has 5 unspecified atom stereocenters. The van der Waals surface area contributed by atoms with Crippen LogP contribution in [0.15, 0.2) is 0 Å². The number of hydrogen-bond acceptors (Lipinski definition) is 4. The first-order valence-corrected chi connectivity index (χ1v) is 7.72. The molecule has 0 spiro atoms. The molecule has 2 aliphatic carbocycles. The van der Waals surface area contributed by atoms with Crippen molar-refractivity contribution < 1.29 is 9.63 Å². The van der Waals surface area contributed by atoms with Crippen LogP contribution >= 0.6 is 0 Å². The number of fused-ring (bicyclic) bond motifs is 2. The molecule has 4 rings (SSSR count). The van der Waals surface area contributed by atoms with Crippen molar-refractivity contribution in [3.8, 4) is 0 Å². The molecule has 5 heteroatoms. The smallest absolute Gasteiger partial charge is 0.239 e. The summed E-state index contributed by atoms with van der Waals surface area (Å²) >= 11 is 0. The van der Waals surface area contributed by atoms with Gasteiger partial charge in [-0.3, -0.25) is 9.63 Å². The van der Waals surface area contributed by atoms with Crippen molar-refractivity contribution in [1.82, 2.24) is 16.1 Å². The normalized spacial score (nSPS) is 47.6. The predicted octanol–water partition coefficient (Wildman–Crippen LogP) is 0.317. The fraction of sp³-hybridized carbons (Fsp3) is 0.929. The predicted molar refractivity (Wildman–Crippen MR) is 70.2 cm³/mol. The minimum atomic E-state index is -0.135. The van der Waals surface area contributed by atoms with Crippen LogP contribution < -0.4 is 16.1 Å². The summed E-state index contributed by atoms with van der Waals surface area (Å²) in [6.07, 6.45) is 7.45. The van der Waals surface area contributed by atoms with Crippen LogP contribution in [0.3, 0.4) is 0 Å². The highest BCUT2D eigenvalue weighted by Gasteiger charge is 2.50. The first-order valence-electron chi connectivity index (χ1n) is 7.72. The molecule has 4 fully saturated rings. The van der Waals surface area contributed by atoms with Gasteiger partial charge in [-0.25, -0.2) is 0 Å². The summed E-state index contributed by atoms with van der Waals surface area (Å²) in [5.41, 5.74) is 3.16. The van der Waals surface area contributed by atoms with E-state index in [1.165, 1.54) is 25.7 Å². The molecule has 1 amide bonds. The third kappa shape index (κ3) is 1.82. The number of hydrogen-bond donors (Lipinski definition) is 3. The van der Waals surface area contributed by atoms with Gasteiger partial charge in [-0.2, -0.15) is 5.48 Å². The van der Waals surface area contributed by atoms with Gasteiger partial charge >= 0.3 is 0 Å². The van der Waals surface area contributed by atoms with E-state index in [0.717, 1.165) is 31.8 Å². The first kappa shape index (κ1) is 12.1. The Balaban J connectivity index is 1.34. The van der Waals surface area contributed by atoms with Crippen LogP contribution in [0.25, 0.3) is 0 Å². The SMILES string of the molecule is O=C(NCC12CCC1CCN2)C1NOC2CCCC21. The van der Waals surface area contributed by atoms with Crippen LogP contribution in [0.2, 0.25) is 0 Å². The molecule has 5 nitrogen and oxygen atoms in total. The third-order valence-corrected chi connectivity index (χ3v) is 5.83. The minimum absolute atomic E-state index is 0.128. The molecular formula is C14H23N3O2. The van der Waals surface area contributed by atoms with Crippen molar-refractivity contribution in [3.63, 3.8) is 0 Å². The maximum Gasteiger partial charge on any atom is 0.239 e. The zero-order valence-electron chi connectivity index (χ0n) is 11.3. The molecule has 3 N–H and O–H groups in total. The van der Waals surface area contributed by atoms with Crippen molar-refractivity contribution in [2.45, 2.75) is 56.2 Å². The standard InChI is InChI=1S/C14H23N3O2/c18-13(12-10-2-1-3-11(10)19-17-12)15-8-14-6-4-9(14)5-7-16-14/h9-12,16-17H,1-8H2,(H,15,18). The number of carbonyl (C=O) groups is 1. The van der Waals surface area contributed by atoms with E-state index in [1.807, 2.05) is 0 Å². The monoisotopic (exact) mass is 265 g/mol. The Morgan fingerprint density at radius 1 is 1.32 bits per heavy atom. The van der Waals surface area contributed by atoms with Gasteiger partial charge in [0.25, 0.3) is 0 Å². The van der Waals surface area contributed by atoms with Gasteiger partial charge in [-0.1, -0.05) is 6.42 Å². The largest absolute Gasteiger partial charge is 0.353 e. The van der Waals surface area contributed by atoms with Gasteiger partial charge in [0.05, 0.1) is 6.10 Å². The van der Waals surface area contributed by atoms with Gasteiger partial charge in [-0.05, 0) is 44.6 Å². The molecule has 0 aromatic rings. The number of rotatable bonds is 3. The molecule has 19 heavy (non-hydrogen) atoms. The van der Waals surface area contributed by atoms with Gasteiger partial charge in [-0.15, -0.1) is 0 Å². The lowest BCUT2D eigenvalue weighted by Crippen LogP contribution is -2.60. The van der Waals surface area contributed by atoms with Crippen molar-refractivity contribution >= 4 is 5.91 Å². The summed E-state index contributed by atoms with van der Waals surface area (Å²) < 4.78 is 0. The molecule has 0 bridgehead atoms. The molecule has 2 saturated carbocycles. The summed E-state index contributed by atoms with van der Waals surface area (Å²) in [6, 6.07) is -0.135. The topological polar surface area (TPSA) is 62.4 Å². The Labute approximate surface area is 113 Å². The van der Waals surface area contributed by atoms with Crippen LogP contribution in [0.1, 0.15) is 38.5 Å². The van der Waals surface area contributed by atoms with Gasteiger partial charge in [0, 0.05) is 18.0 Å². The molecule has 0 aromatic heterocycles. The quantitative estimate of drug-likeness (QED) is 0.687. The summed E-state index contributed by atoms with van der Waals surface area (Å²) in [6.45, 7) is 1.89. The van der Waals surface area contributed by atoms with E-state index in [0.29, 0.717) is 5.92 Å². The third-order valence-electron chi connectivity index (χ3n) is 5.83. The lowest BCUT2D eigenvalue weighted by atomic mass is 9.68. The summed E-state index contributed by atoms with van der Waals surface area (Å²) in [5, 5.41) is 6.75. The Morgan fingerprint density at radius 3 is 3.05 bits per heavy atom. The maximum absolute atomic E-state index is 12.3. The lowest BCUT2D eigenvalue weighted by Gasteiger charge is -2.45. The molecule has 2 aliphatic heterocycles. The minimum Gasteiger partial charge on any atom is -0.353 e. The highest BCUT2D eigenvalue weighted by Crippen LogP contribution is 2.44. The molecule has 2 heterocycles. The zero-order valence-corrected chi connectivity index (χ0v) is 11.3. The van der Waals surface area contributed by atoms with Crippen LogP contribution in [0.4, 0.5) is 0 Å². The zero-order chi connectivity index (χ0) is 12.9. The second-order valence-electron chi connectivity index (χ2n) is 6.67. The highest BCUT2D eigenvalue weighted by molar-refractivity contribution is 5.82. The average Bonchev–Trinajstić information content (AvgIpc) is 3.03. The van der Waals surface area contributed by atoms with Crippen molar-refractivity contribution in [2.24, 2.45) is 11.8 Å². The number of carbonyl (C=O) groups excluding carboxylic acids is 1. The number of nitrogens with one attached hydrogen (secondary N) is 3. The second-order valence-corrected chi connectivity index (χ2v) is 6.67. The van der Waals surface area contributed by atoms with Gasteiger partial charge in [0.15, 0.2) is 0 Å². The molecule has 5 atom stereocenters. The van der Waals surface area contributed by atoms with E-state index in [9.17, 15) is 4.79 Å². The van der Waals surface area contributed by atoms with E-state index in [2.05, 4.69) is 16.1 Å². The molecule has 2 saturated heterocycles. The Kier molecular flexibility index (Phi) is 2.83. The van der Waals surface area contributed by atoms with Crippen molar-refractivity contribution in [2.75, 3.05) is 13.1 Å². The second kappa shape index (κ2) is 4.43. The Bertz CT molecular complexity index is 389. The lowest BCUT2D eigenvalue weighted by molar-refractivity contribution is -0.125. The molecular weight excluding hydrogens is 242 g/mol. The van der Waals surface area contributed by atoms with Crippen molar-refractivity contribution in [1.29, 1.82) is 0 Å². The van der Waals surface area contributed by atoms with E-state index < -0.39 is 0 Å². The molecule has 106 valence electrons. The van der Waals surface area contributed by atoms with E-state index in [4.69, 9.17) is 4.84 Å². The summed E-state index contributed by atoms with van der Waals surface area (Å²) in [7, 11) is 0. The van der Waals surface area contributed by atoms with Crippen LogP contribution in [0, 0.1) is 11.8 Å². The molecule has 0 radical (unpaired) electrons. The van der Waals surface area contributed by atoms with Crippen LogP contribution in [-0.4, -0.2) is 36.7 Å². The fourth-order valence-corrected chi connectivity index (χ4v) is 4.47. The number of amides is 1. The maximum atomic E-state index is 12.3. The fourth-order valence-electron chi connectivity index (χ4n) is 4.47. The first-order chi connectivity index (χ1) is 9.28. The summed E-state index contributed by atoms with van der Waals surface area (Å²) in [5.74, 6) is 1.29. The average molecular weight is 265 g/mol. The van der Waals surface area contributed by atoms with Crippen LogP contribution in [-0.2, 0) is 9.63 Å². The Morgan fingerprint density at radius 2 is 2.26 bits per heavy atom. The van der Waals surface area contributed by atoms with Gasteiger partial charge in [0.1, 0.15) is 6.04 Å².